The summed E-state index contributed by atoms with van der Waals surface area (Å²) >= 11 is 0. The van der Waals surface area contributed by atoms with Gasteiger partial charge in [0.1, 0.15) is 24.0 Å². The summed E-state index contributed by atoms with van der Waals surface area (Å²) in [7, 11) is 1.61. The summed E-state index contributed by atoms with van der Waals surface area (Å²) in [6.45, 7) is 2.37. The third kappa shape index (κ3) is 4.24. The average Bonchev–Trinajstić information content (AvgIpc) is 2.70. The Hall–Kier alpha value is -2.72. The van der Waals surface area contributed by atoms with Gasteiger partial charge >= 0.3 is 6.18 Å². The highest BCUT2D eigenvalue weighted by atomic mass is 19.4. The topological polar surface area (TPSA) is 69.1 Å². The number of fused-ring (bicyclic) bond motifs is 1. The molecule has 0 aliphatic carbocycles. The van der Waals surface area contributed by atoms with Crippen LogP contribution < -0.4 is 9.64 Å². The highest BCUT2D eigenvalue weighted by Gasteiger charge is 2.43. The fourth-order valence-electron chi connectivity index (χ4n) is 3.40. The van der Waals surface area contributed by atoms with Crippen molar-refractivity contribution in [1.29, 1.82) is 0 Å². The van der Waals surface area contributed by atoms with Gasteiger partial charge in [0.25, 0.3) is 0 Å². The second-order valence-electron chi connectivity index (χ2n) is 7.13. The smallest absolute Gasteiger partial charge is 0.416 e. The minimum atomic E-state index is -4.41. The molecule has 30 heavy (non-hydrogen) atoms. The molecule has 1 saturated heterocycles. The number of hydrogen-bond acceptors (Lipinski definition) is 7. The van der Waals surface area contributed by atoms with Crippen LogP contribution >= 0.6 is 0 Å². The average molecular weight is 422 g/mol. The summed E-state index contributed by atoms with van der Waals surface area (Å²) in [6, 6.07) is 7.22. The summed E-state index contributed by atoms with van der Waals surface area (Å²) in [4.78, 5) is 14.4. The zero-order valence-corrected chi connectivity index (χ0v) is 16.5. The Bertz CT molecular complexity index is 951. The second-order valence-corrected chi connectivity index (χ2v) is 7.13. The number of halogens is 3. The van der Waals surface area contributed by atoms with Gasteiger partial charge in [-0.3, -0.25) is 0 Å². The van der Waals surface area contributed by atoms with E-state index in [0.29, 0.717) is 36.1 Å². The van der Waals surface area contributed by atoms with Crippen molar-refractivity contribution in [2.75, 3.05) is 38.3 Å². The van der Waals surface area contributed by atoms with Crippen LogP contribution in [-0.4, -0.2) is 67.5 Å². The van der Waals surface area contributed by atoms with Crippen LogP contribution in [0.25, 0.3) is 0 Å². The summed E-state index contributed by atoms with van der Waals surface area (Å²) in [5.74, 6) is 1.09. The third-order valence-corrected chi connectivity index (χ3v) is 4.84. The number of rotatable bonds is 6. The fourth-order valence-corrected chi connectivity index (χ4v) is 3.40. The lowest BCUT2D eigenvalue weighted by Gasteiger charge is -2.34. The molecule has 2 unspecified atom stereocenters. The molecule has 0 spiro atoms. The highest BCUT2D eigenvalue weighted by Crippen LogP contribution is 2.36. The number of methoxy groups -OCH3 is 1. The molecule has 0 bridgehead atoms. The maximum Gasteiger partial charge on any atom is 0.416 e. The molecule has 1 aromatic carbocycles. The van der Waals surface area contributed by atoms with E-state index in [2.05, 4.69) is 15.0 Å². The van der Waals surface area contributed by atoms with E-state index in [0.717, 1.165) is 11.3 Å². The molecule has 1 aromatic heterocycles. The lowest BCUT2D eigenvalue weighted by molar-refractivity contribution is -0.221. The summed E-state index contributed by atoms with van der Waals surface area (Å²) in [6.07, 6.45) is -5.02. The predicted octanol–water partition coefficient (Wildman–Crippen LogP) is 3.14. The number of alkyl halides is 3. The molecule has 0 saturated carbocycles. The van der Waals surface area contributed by atoms with Crippen LogP contribution in [0.1, 0.15) is 18.2 Å². The molecule has 0 radical (unpaired) electrons. The normalized spacial score (nSPS) is 19.6. The van der Waals surface area contributed by atoms with Crippen LogP contribution in [0.4, 0.5) is 24.7 Å². The van der Waals surface area contributed by atoms with Gasteiger partial charge in [0.05, 0.1) is 36.9 Å². The van der Waals surface area contributed by atoms with E-state index in [-0.39, 0.29) is 19.3 Å². The first-order valence-corrected chi connectivity index (χ1v) is 9.49. The monoisotopic (exact) mass is 422 g/mol. The van der Waals surface area contributed by atoms with E-state index in [4.69, 9.17) is 14.2 Å². The van der Waals surface area contributed by atoms with Crippen LogP contribution in [0.15, 0.2) is 35.6 Å². The van der Waals surface area contributed by atoms with Gasteiger partial charge in [0.15, 0.2) is 6.10 Å². The zero-order valence-electron chi connectivity index (χ0n) is 16.5. The summed E-state index contributed by atoms with van der Waals surface area (Å²) in [5, 5.41) is 0. The van der Waals surface area contributed by atoms with Crippen molar-refractivity contribution in [3.8, 4) is 5.75 Å². The van der Waals surface area contributed by atoms with Crippen molar-refractivity contribution in [1.82, 2.24) is 9.97 Å². The lowest BCUT2D eigenvalue weighted by Crippen LogP contribution is -2.49. The summed E-state index contributed by atoms with van der Waals surface area (Å²) in [5.41, 5.74) is 2.88. The number of aromatic nitrogens is 2. The maximum absolute atomic E-state index is 13.0. The Balaban J connectivity index is 1.52. The number of nitrogens with zero attached hydrogens (tertiary/aromatic N) is 4. The molecule has 0 N–H and O–H groups in total. The van der Waals surface area contributed by atoms with Crippen LogP contribution in [0.5, 0.6) is 5.75 Å². The van der Waals surface area contributed by atoms with Crippen molar-refractivity contribution in [3.63, 3.8) is 0 Å². The van der Waals surface area contributed by atoms with Crippen LogP contribution in [0.2, 0.25) is 0 Å². The van der Waals surface area contributed by atoms with E-state index < -0.39 is 12.3 Å². The van der Waals surface area contributed by atoms with Gasteiger partial charge in [-0.25, -0.2) is 15.0 Å². The molecule has 1 fully saturated rings. The molecular weight excluding hydrogens is 401 g/mol. The van der Waals surface area contributed by atoms with E-state index >= 15 is 0 Å². The SMILES string of the molecule is COCC(C)Oc1ccc2c(c1)C(c1cc(N3CCOC(C(F)(F)F)C3)ncn1)=N2. The van der Waals surface area contributed by atoms with Gasteiger partial charge in [-0.05, 0) is 25.1 Å². The summed E-state index contributed by atoms with van der Waals surface area (Å²) < 4.78 is 54.8. The molecule has 10 heteroatoms. The number of ether oxygens (including phenoxy) is 3. The molecule has 2 aromatic rings. The number of aliphatic imine (C=N–C) groups is 1. The van der Waals surface area contributed by atoms with Crippen molar-refractivity contribution < 1.29 is 27.4 Å². The Labute approximate surface area is 171 Å². The number of anilines is 1. The van der Waals surface area contributed by atoms with Gasteiger partial charge < -0.3 is 19.1 Å². The van der Waals surface area contributed by atoms with Crippen molar-refractivity contribution in [2.24, 2.45) is 4.99 Å². The van der Waals surface area contributed by atoms with E-state index in [1.54, 1.807) is 18.1 Å². The predicted molar refractivity (Wildman–Crippen MR) is 104 cm³/mol. The zero-order chi connectivity index (χ0) is 21.3. The molecule has 3 heterocycles. The number of benzene rings is 1. The van der Waals surface area contributed by atoms with E-state index in [1.165, 1.54) is 6.33 Å². The van der Waals surface area contributed by atoms with Gasteiger partial charge in [-0.2, -0.15) is 13.2 Å². The number of hydrogen-bond donors (Lipinski definition) is 0. The van der Waals surface area contributed by atoms with E-state index in [9.17, 15) is 13.2 Å². The Morgan fingerprint density at radius 3 is 2.87 bits per heavy atom. The van der Waals surface area contributed by atoms with Gasteiger partial charge in [-0.15, -0.1) is 0 Å². The van der Waals surface area contributed by atoms with Crippen LogP contribution in [-0.2, 0) is 9.47 Å². The van der Waals surface area contributed by atoms with Crippen molar-refractivity contribution in [3.05, 3.63) is 41.9 Å². The lowest BCUT2D eigenvalue weighted by atomic mass is 9.98. The van der Waals surface area contributed by atoms with Crippen molar-refractivity contribution in [2.45, 2.75) is 25.3 Å². The molecule has 2 aliphatic heterocycles. The quantitative estimate of drug-likeness (QED) is 0.608. The van der Waals surface area contributed by atoms with Gasteiger partial charge in [0, 0.05) is 25.3 Å². The first-order valence-electron chi connectivity index (χ1n) is 9.49. The van der Waals surface area contributed by atoms with Crippen LogP contribution in [0, 0.1) is 0 Å². The van der Waals surface area contributed by atoms with Crippen molar-refractivity contribution >= 4 is 17.2 Å². The Morgan fingerprint density at radius 2 is 2.10 bits per heavy atom. The molecule has 4 rings (SSSR count). The Kier molecular flexibility index (Phi) is 5.61. The molecule has 7 nitrogen and oxygen atoms in total. The number of morpholine rings is 1. The first-order chi connectivity index (χ1) is 14.3. The fraction of sp³-hybridized carbons (Fsp3) is 0.450. The highest BCUT2D eigenvalue weighted by molar-refractivity contribution is 6.21. The minimum absolute atomic E-state index is 0.0202. The third-order valence-electron chi connectivity index (χ3n) is 4.84. The molecule has 2 atom stereocenters. The second kappa shape index (κ2) is 8.19. The van der Waals surface area contributed by atoms with E-state index in [1.807, 2.05) is 25.1 Å². The minimum Gasteiger partial charge on any atom is -0.488 e. The first kappa shape index (κ1) is 20.5. The molecule has 0 amide bonds. The molecule has 160 valence electrons. The van der Waals surface area contributed by atoms with Gasteiger partial charge in [-0.1, -0.05) is 0 Å². The molecule has 2 aliphatic rings. The standard InChI is InChI=1S/C20H21F3N4O3/c1-12(10-28-2)30-13-3-4-15-14(7-13)19(26-15)16-8-18(25-11-24-16)27-5-6-29-17(9-27)20(21,22)23/h3-4,7-8,11-12,17H,5-6,9-10H2,1-2H3. The largest absolute Gasteiger partial charge is 0.488 e. The maximum atomic E-state index is 13.0. The van der Waals surface area contributed by atoms with Gasteiger partial charge in [0.2, 0.25) is 0 Å². The Morgan fingerprint density at radius 1 is 1.27 bits per heavy atom. The van der Waals surface area contributed by atoms with Crippen LogP contribution in [0.3, 0.4) is 0 Å². The molecular formula is C20H21F3N4O3.